The molecule has 1 aromatic rings. The highest BCUT2D eigenvalue weighted by molar-refractivity contribution is 7.99. The molecule has 0 spiro atoms. The minimum absolute atomic E-state index is 0.165. The third kappa shape index (κ3) is 4.63. The maximum absolute atomic E-state index is 11.9. The van der Waals surface area contributed by atoms with Crippen molar-refractivity contribution in [1.29, 1.82) is 0 Å². The number of hydrogen-bond acceptors (Lipinski definition) is 4. The standard InChI is InChI=1S/C13H20N2OS2/c1-10(6-11-2-4-17-8-11)15-13(16)7-12-9-18-5-3-14-12/h2,4,8,10,12,14H,3,5-7,9H2,1H3,(H,15,16). The second kappa shape index (κ2) is 7.16. The topological polar surface area (TPSA) is 41.1 Å². The van der Waals surface area contributed by atoms with Gasteiger partial charge in [0, 0.05) is 36.6 Å². The second-order valence-electron chi connectivity index (χ2n) is 4.73. The molecule has 2 heterocycles. The van der Waals surface area contributed by atoms with E-state index in [2.05, 4.69) is 34.4 Å². The highest BCUT2D eigenvalue weighted by atomic mass is 32.2. The van der Waals surface area contributed by atoms with E-state index in [0.717, 1.165) is 24.5 Å². The van der Waals surface area contributed by atoms with Gasteiger partial charge in [-0.1, -0.05) is 0 Å². The summed E-state index contributed by atoms with van der Waals surface area (Å²) < 4.78 is 0. The Morgan fingerprint density at radius 3 is 3.22 bits per heavy atom. The lowest BCUT2D eigenvalue weighted by Crippen LogP contribution is -2.43. The van der Waals surface area contributed by atoms with Crippen LogP contribution in [0.5, 0.6) is 0 Å². The van der Waals surface area contributed by atoms with Gasteiger partial charge in [0.05, 0.1) is 0 Å². The van der Waals surface area contributed by atoms with E-state index in [1.807, 2.05) is 11.8 Å². The van der Waals surface area contributed by atoms with Crippen LogP contribution in [0.25, 0.3) is 0 Å². The Bertz CT molecular complexity index is 361. The molecule has 1 aliphatic rings. The summed E-state index contributed by atoms with van der Waals surface area (Å²) in [5.74, 6) is 2.37. The van der Waals surface area contributed by atoms with Crippen molar-refractivity contribution in [2.75, 3.05) is 18.1 Å². The molecule has 0 aromatic carbocycles. The SMILES string of the molecule is CC(Cc1ccsc1)NC(=O)CC1CSCCN1. The van der Waals surface area contributed by atoms with Crippen molar-refractivity contribution in [2.45, 2.75) is 31.8 Å². The Labute approximate surface area is 117 Å². The summed E-state index contributed by atoms with van der Waals surface area (Å²) in [6, 6.07) is 2.67. The van der Waals surface area contributed by atoms with Crippen LogP contribution in [0.3, 0.4) is 0 Å². The Kier molecular flexibility index (Phi) is 5.53. The fraction of sp³-hybridized carbons (Fsp3) is 0.615. The number of thiophene rings is 1. The number of carbonyl (C=O) groups is 1. The van der Waals surface area contributed by atoms with Gasteiger partial charge in [0.15, 0.2) is 0 Å². The van der Waals surface area contributed by atoms with Crippen LogP contribution in [0, 0.1) is 0 Å². The van der Waals surface area contributed by atoms with Crippen molar-refractivity contribution in [3.05, 3.63) is 22.4 Å². The second-order valence-corrected chi connectivity index (χ2v) is 6.66. The molecule has 0 aliphatic carbocycles. The van der Waals surface area contributed by atoms with E-state index in [-0.39, 0.29) is 11.9 Å². The van der Waals surface area contributed by atoms with Crippen LogP contribution in [0.1, 0.15) is 18.9 Å². The first-order valence-electron chi connectivity index (χ1n) is 6.35. The van der Waals surface area contributed by atoms with Gasteiger partial charge in [-0.25, -0.2) is 0 Å². The minimum atomic E-state index is 0.165. The average molecular weight is 284 g/mol. The molecule has 1 fully saturated rings. The Balaban J connectivity index is 1.69. The van der Waals surface area contributed by atoms with E-state index < -0.39 is 0 Å². The predicted molar refractivity (Wildman–Crippen MR) is 79.4 cm³/mol. The molecule has 0 bridgehead atoms. The van der Waals surface area contributed by atoms with Crippen molar-refractivity contribution in [3.63, 3.8) is 0 Å². The van der Waals surface area contributed by atoms with Gasteiger partial charge in [-0.15, -0.1) is 0 Å². The summed E-state index contributed by atoms with van der Waals surface area (Å²) in [5.41, 5.74) is 1.30. The Morgan fingerprint density at radius 1 is 1.67 bits per heavy atom. The summed E-state index contributed by atoms with van der Waals surface area (Å²) in [7, 11) is 0. The lowest BCUT2D eigenvalue weighted by Gasteiger charge is -2.23. The van der Waals surface area contributed by atoms with Gasteiger partial charge in [-0.05, 0) is 35.7 Å². The number of amides is 1. The van der Waals surface area contributed by atoms with E-state index >= 15 is 0 Å². The van der Waals surface area contributed by atoms with Crippen LogP contribution < -0.4 is 10.6 Å². The monoisotopic (exact) mass is 284 g/mol. The highest BCUT2D eigenvalue weighted by Gasteiger charge is 2.17. The summed E-state index contributed by atoms with van der Waals surface area (Å²) >= 11 is 3.63. The van der Waals surface area contributed by atoms with Crippen LogP contribution in [-0.2, 0) is 11.2 Å². The Morgan fingerprint density at radius 2 is 2.56 bits per heavy atom. The molecule has 2 N–H and O–H groups in total. The van der Waals surface area contributed by atoms with E-state index in [4.69, 9.17) is 0 Å². The van der Waals surface area contributed by atoms with Crippen LogP contribution in [-0.4, -0.2) is 36.0 Å². The number of thioether (sulfide) groups is 1. The van der Waals surface area contributed by atoms with Crippen molar-refractivity contribution < 1.29 is 4.79 Å². The summed E-state index contributed by atoms with van der Waals surface area (Å²) in [6.45, 7) is 3.09. The number of hydrogen-bond donors (Lipinski definition) is 2. The molecule has 3 nitrogen and oxygen atoms in total. The van der Waals surface area contributed by atoms with E-state index in [0.29, 0.717) is 12.5 Å². The number of rotatable bonds is 5. The summed E-state index contributed by atoms with van der Waals surface area (Å²) in [4.78, 5) is 11.9. The molecular weight excluding hydrogens is 264 g/mol. The first-order valence-corrected chi connectivity index (χ1v) is 8.45. The molecule has 1 amide bonds. The van der Waals surface area contributed by atoms with E-state index in [9.17, 15) is 4.79 Å². The highest BCUT2D eigenvalue weighted by Crippen LogP contribution is 2.11. The molecule has 0 radical (unpaired) electrons. The molecular formula is C13H20N2OS2. The van der Waals surface area contributed by atoms with Gasteiger partial charge >= 0.3 is 0 Å². The third-order valence-corrected chi connectivity index (χ3v) is 4.82. The van der Waals surface area contributed by atoms with Crippen LogP contribution in [0.15, 0.2) is 16.8 Å². The van der Waals surface area contributed by atoms with Gasteiger partial charge in [0.25, 0.3) is 0 Å². The normalized spacial score (nSPS) is 21.5. The smallest absolute Gasteiger partial charge is 0.221 e. The zero-order valence-electron chi connectivity index (χ0n) is 10.6. The summed E-state index contributed by atoms with van der Waals surface area (Å²) in [6.07, 6.45) is 1.52. The molecule has 18 heavy (non-hydrogen) atoms. The molecule has 100 valence electrons. The van der Waals surface area contributed by atoms with E-state index in [1.54, 1.807) is 11.3 Å². The number of nitrogens with one attached hydrogen (secondary N) is 2. The predicted octanol–water partition coefficient (Wildman–Crippen LogP) is 1.89. The molecule has 2 rings (SSSR count). The maximum Gasteiger partial charge on any atom is 0.221 e. The zero-order chi connectivity index (χ0) is 12.8. The van der Waals surface area contributed by atoms with Crippen LogP contribution in [0.4, 0.5) is 0 Å². The lowest BCUT2D eigenvalue weighted by molar-refractivity contribution is -0.122. The third-order valence-electron chi connectivity index (χ3n) is 2.96. The zero-order valence-corrected chi connectivity index (χ0v) is 12.3. The molecule has 1 aromatic heterocycles. The average Bonchev–Trinajstić information content (AvgIpc) is 2.82. The van der Waals surface area contributed by atoms with Crippen molar-refractivity contribution in [1.82, 2.24) is 10.6 Å². The molecule has 1 saturated heterocycles. The fourth-order valence-electron chi connectivity index (χ4n) is 2.12. The maximum atomic E-state index is 11.9. The first-order chi connectivity index (χ1) is 8.74. The number of carbonyl (C=O) groups excluding carboxylic acids is 1. The molecule has 1 aliphatic heterocycles. The lowest BCUT2D eigenvalue weighted by atomic mass is 10.1. The minimum Gasteiger partial charge on any atom is -0.353 e. The van der Waals surface area contributed by atoms with Crippen molar-refractivity contribution in [2.24, 2.45) is 0 Å². The fourth-order valence-corrected chi connectivity index (χ4v) is 3.75. The van der Waals surface area contributed by atoms with Gasteiger partial charge in [0.2, 0.25) is 5.91 Å². The first kappa shape index (κ1) is 13.9. The molecule has 0 saturated carbocycles. The quantitative estimate of drug-likeness (QED) is 0.867. The largest absolute Gasteiger partial charge is 0.353 e. The van der Waals surface area contributed by atoms with E-state index in [1.165, 1.54) is 5.56 Å². The Hall–Kier alpha value is -0.520. The molecule has 5 heteroatoms. The van der Waals surface area contributed by atoms with Gasteiger partial charge in [-0.2, -0.15) is 23.1 Å². The van der Waals surface area contributed by atoms with Gasteiger partial charge in [-0.3, -0.25) is 4.79 Å². The molecule has 2 atom stereocenters. The van der Waals surface area contributed by atoms with Gasteiger partial charge in [0.1, 0.15) is 0 Å². The van der Waals surface area contributed by atoms with Gasteiger partial charge < -0.3 is 10.6 Å². The van der Waals surface area contributed by atoms with Crippen LogP contribution in [0.2, 0.25) is 0 Å². The van der Waals surface area contributed by atoms with Crippen LogP contribution >= 0.6 is 23.1 Å². The van der Waals surface area contributed by atoms with Crippen molar-refractivity contribution >= 4 is 29.0 Å². The summed E-state index contributed by atoms with van der Waals surface area (Å²) in [5, 5.41) is 10.7. The van der Waals surface area contributed by atoms with Crippen molar-refractivity contribution in [3.8, 4) is 0 Å². The molecule has 2 unspecified atom stereocenters.